The molecule has 0 aliphatic rings. The number of hydrogen-bond acceptors (Lipinski definition) is 3. The van der Waals surface area contributed by atoms with Gasteiger partial charge in [-0.1, -0.05) is 34.6 Å². The zero-order chi connectivity index (χ0) is 10.1. The second-order valence-electron chi connectivity index (χ2n) is 4.91. The summed E-state index contributed by atoms with van der Waals surface area (Å²) in [5, 5.41) is 11.7. The van der Waals surface area contributed by atoms with Gasteiger partial charge >= 0.3 is 0 Å². The fourth-order valence-electron chi connectivity index (χ4n) is 1.19. The second-order valence-corrected chi connectivity index (χ2v) is 4.91. The molecule has 0 amide bonds. The maximum atomic E-state index is 4.00. The first kappa shape index (κ1) is 10.2. The van der Waals surface area contributed by atoms with E-state index in [2.05, 4.69) is 50.1 Å². The summed E-state index contributed by atoms with van der Waals surface area (Å²) < 4.78 is 1.89. The molecule has 0 aromatic carbocycles. The molecular formula is C9H18N4. The van der Waals surface area contributed by atoms with E-state index in [0.717, 1.165) is 12.4 Å². The van der Waals surface area contributed by atoms with Crippen LogP contribution in [0.5, 0.6) is 0 Å². The first-order valence-electron chi connectivity index (χ1n) is 4.66. The zero-order valence-corrected chi connectivity index (χ0v) is 9.07. The van der Waals surface area contributed by atoms with Gasteiger partial charge in [-0.25, -0.2) is 4.68 Å². The van der Waals surface area contributed by atoms with Crippen molar-refractivity contribution in [1.82, 2.24) is 20.2 Å². The maximum absolute atomic E-state index is 4.00. The van der Waals surface area contributed by atoms with Gasteiger partial charge in [0.1, 0.15) is 0 Å². The van der Waals surface area contributed by atoms with E-state index in [1.807, 2.05) is 4.68 Å². The molecule has 0 aliphatic heterocycles. The molecule has 1 aromatic heterocycles. The largest absolute Gasteiger partial charge is 0.229 e. The lowest BCUT2D eigenvalue weighted by Gasteiger charge is -2.18. The molecule has 0 N–H and O–H groups in total. The predicted octanol–water partition coefficient (Wildman–Crippen LogP) is 1.84. The van der Waals surface area contributed by atoms with Crippen LogP contribution in [0.15, 0.2) is 0 Å². The van der Waals surface area contributed by atoms with Gasteiger partial charge in [-0.05, 0) is 15.8 Å². The molecule has 0 spiro atoms. The molecular weight excluding hydrogens is 164 g/mol. The van der Waals surface area contributed by atoms with E-state index in [4.69, 9.17) is 0 Å². The quantitative estimate of drug-likeness (QED) is 0.701. The minimum absolute atomic E-state index is 0.221. The van der Waals surface area contributed by atoms with E-state index in [9.17, 15) is 0 Å². The number of hydrogen-bond donors (Lipinski definition) is 0. The molecule has 4 heteroatoms. The van der Waals surface area contributed by atoms with Crippen molar-refractivity contribution in [3.8, 4) is 0 Å². The highest BCUT2D eigenvalue weighted by Crippen LogP contribution is 2.18. The molecule has 1 rings (SSSR count). The molecule has 0 saturated carbocycles. The van der Waals surface area contributed by atoms with E-state index in [1.165, 1.54) is 0 Å². The van der Waals surface area contributed by atoms with Gasteiger partial charge in [-0.2, -0.15) is 0 Å². The molecule has 13 heavy (non-hydrogen) atoms. The standard InChI is InChI=1S/C9H18N4/c1-7(2)8-10-11-12-13(8)6-9(3,4)5/h7H,6H2,1-5H3. The van der Waals surface area contributed by atoms with Crippen molar-refractivity contribution in [2.45, 2.75) is 47.1 Å². The number of aromatic nitrogens is 4. The van der Waals surface area contributed by atoms with E-state index in [1.54, 1.807) is 0 Å². The molecule has 0 bridgehead atoms. The zero-order valence-electron chi connectivity index (χ0n) is 9.07. The third-order valence-electron chi connectivity index (χ3n) is 1.70. The van der Waals surface area contributed by atoms with Gasteiger partial charge in [-0.3, -0.25) is 0 Å². The van der Waals surface area contributed by atoms with Crippen LogP contribution in [0.4, 0.5) is 0 Å². The highest BCUT2D eigenvalue weighted by molar-refractivity contribution is 4.89. The Morgan fingerprint density at radius 2 is 1.92 bits per heavy atom. The van der Waals surface area contributed by atoms with Crippen LogP contribution in [-0.4, -0.2) is 20.2 Å². The SMILES string of the molecule is CC(C)c1nnnn1CC(C)(C)C. The van der Waals surface area contributed by atoms with Crippen molar-refractivity contribution in [2.24, 2.45) is 5.41 Å². The van der Waals surface area contributed by atoms with Crippen molar-refractivity contribution >= 4 is 0 Å². The molecule has 74 valence electrons. The fourth-order valence-corrected chi connectivity index (χ4v) is 1.19. The summed E-state index contributed by atoms with van der Waals surface area (Å²) in [6.45, 7) is 11.6. The lowest BCUT2D eigenvalue weighted by Crippen LogP contribution is -2.19. The summed E-state index contributed by atoms with van der Waals surface area (Å²) in [6, 6.07) is 0. The lowest BCUT2D eigenvalue weighted by molar-refractivity contribution is 0.313. The van der Waals surface area contributed by atoms with E-state index < -0.39 is 0 Å². The fraction of sp³-hybridized carbons (Fsp3) is 0.889. The second kappa shape index (κ2) is 3.44. The Labute approximate surface area is 79.3 Å². The van der Waals surface area contributed by atoms with Gasteiger partial charge in [-0.15, -0.1) is 5.10 Å². The number of tetrazole rings is 1. The van der Waals surface area contributed by atoms with E-state index in [-0.39, 0.29) is 5.41 Å². The van der Waals surface area contributed by atoms with Crippen LogP contribution < -0.4 is 0 Å². The molecule has 0 fully saturated rings. The average molecular weight is 182 g/mol. The first-order chi connectivity index (χ1) is 5.90. The first-order valence-corrected chi connectivity index (χ1v) is 4.66. The summed E-state index contributed by atoms with van der Waals surface area (Å²) in [5.41, 5.74) is 0.221. The minimum atomic E-state index is 0.221. The maximum Gasteiger partial charge on any atom is 0.153 e. The third-order valence-corrected chi connectivity index (χ3v) is 1.70. The van der Waals surface area contributed by atoms with Crippen molar-refractivity contribution in [2.75, 3.05) is 0 Å². The summed E-state index contributed by atoms with van der Waals surface area (Å²) >= 11 is 0. The Hall–Kier alpha value is -0.930. The molecule has 0 aliphatic carbocycles. The predicted molar refractivity (Wildman–Crippen MR) is 51.4 cm³/mol. The van der Waals surface area contributed by atoms with Crippen LogP contribution in [0, 0.1) is 5.41 Å². The van der Waals surface area contributed by atoms with Crippen LogP contribution in [0.25, 0.3) is 0 Å². The van der Waals surface area contributed by atoms with Crippen LogP contribution in [0.2, 0.25) is 0 Å². The van der Waals surface area contributed by atoms with Gasteiger partial charge in [0.25, 0.3) is 0 Å². The van der Waals surface area contributed by atoms with Crippen LogP contribution in [0.3, 0.4) is 0 Å². The summed E-state index contributed by atoms with van der Waals surface area (Å²) in [6.07, 6.45) is 0. The van der Waals surface area contributed by atoms with Crippen LogP contribution >= 0.6 is 0 Å². The minimum Gasteiger partial charge on any atom is -0.229 e. The monoisotopic (exact) mass is 182 g/mol. The highest BCUT2D eigenvalue weighted by Gasteiger charge is 2.16. The summed E-state index contributed by atoms with van der Waals surface area (Å²) in [7, 11) is 0. The smallest absolute Gasteiger partial charge is 0.153 e. The molecule has 0 radical (unpaired) electrons. The Morgan fingerprint density at radius 1 is 1.31 bits per heavy atom. The Bertz CT molecular complexity index is 269. The van der Waals surface area contributed by atoms with Crippen LogP contribution in [-0.2, 0) is 6.54 Å². The molecule has 4 nitrogen and oxygen atoms in total. The van der Waals surface area contributed by atoms with Crippen molar-refractivity contribution < 1.29 is 0 Å². The normalized spacial score (nSPS) is 12.5. The van der Waals surface area contributed by atoms with Crippen molar-refractivity contribution in [1.29, 1.82) is 0 Å². The average Bonchev–Trinajstić information content (AvgIpc) is 2.31. The summed E-state index contributed by atoms with van der Waals surface area (Å²) in [5.74, 6) is 1.35. The van der Waals surface area contributed by atoms with Gasteiger partial charge in [0.05, 0.1) is 0 Å². The number of rotatable bonds is 2. The molecule has 0 unspecified atom stereocenters. The molecule has 0 saturated heterocycles. The summed E-state index contributed by atoms with van der Waals surface area (Å²) in [4.78, 5) is 0. The van der Waals surface area contributed by atoms with E-state index in [0.29, 0.717) is 5.92 Å². The molecule has 1 heterocycles. The van der Waals surface area contributed by atoms with Crippen LogP contribution in [0.1, 0.15) is 46.4 Å². The highest BCUT2D eigenvalue weighted by atomic mass is 15.5. The third kappa shape index (κ3) is 2.79. The van der Waals surface area contributed by atoms with Crippen molar-refractivity contribution in [3.05, 3.63) is 5.82 Å². The van der Waals surface area contributed by atoms with Gasteiger partial charge in [0.2, 0.25) is 0 Å². The topological polar surface area (TPSA) is 43.6 Å². The van der Waals surface area contributed by atoms with Gasteiger partial charge < -0.3 is 0 Å². The molecule has 0 atom stereocenters. The lowest BCUT2D eigenvalue weighted by atomic mass is 9.97. The van der Waals surface area contributed by atoms with Gasteiger partial charge in [0.15, 0.2) is 5.82 Å². The Balaban J connectivity index is 2.83. The van der Waals surface area contributed by atoms with Gasteiger partial charge in [0, 0.05) is 12.5 Å². The van der Waals surface area contributed by atoms with E-state index >= 15 is 0 Å². The molecule has 1 aromatic rings. The Kier molecular flexibility index (Phi) is 2.68. The Morgan fingerprint density at radius 3 is 2.38 bits per heavy atom. The number of nitrogens with zero attached hydrogens (tertiary/aromatic N) is 4. The van der Waals surface area contributed by atoms with Crippen molar-refractivity contribution in [3.63, 3.8) is 0 Å².